The number of hydrogen-bond donors (Lipinski definition) is 2. The average Bonchev–Trinajstić information content (AvgIpc) is 2.65. The predicted octanol–water partition coefficient (Wildman–Crippen LogP) is 6.59. The number of alkyl halides is 3. The van der Waals surface area contributed by atoms with Crippen molar-refractivity contribution >= 4 is 70.4 Å². The second-order valence-corrected chi connectivity index (χ2v) is 12.7. The van der Waals surface area contributed by atoms with E-state index in [4.69, 9.17) is 55.9 Å². The molecule has 0 heterocycles. The highest BCUT2D eigenvalue weighted by atomic mass is 35.6. The van der Waals surface area contributed by atoms with E-state index in [1.54, 1.807) is 11.8 Å². The molecule has 11 heteroatoms. The molecule has 0 radical (unpaired) electrons. The van der Waals surface area contributed by atoms with Crippen molar-refractivity contribution in [2.45, 2.75) is 66.4 Å². The van der Waals surface area contributed by atoms with Crippen molar-refractivity contribution in [1.82, 2.24) is 10.6 Å². The lowest BCUT2D eigenvalue weighted by atomic mass is 9.82. The Morgan fingerprint density at radius 3 is 2.31 bits per heavy atom. The van der Waals surface area contributed by atoms with Gasteiger partial charge in [0.15, 0.2) is 0 Å². The predicted molar refractivity (Wildman–Crippen MR) is 131 cm³/mol. The van der Waals surface area contributed by atoms with Crippen molar-refractivity contribution in [1.29, 1.82) is 0 Å². The first-order valence-electron chi connectivity index (χ1n) is 10.2. The molecule has 1 aliphatic rings. The summed E-state index contributed by atoms with van der Waals surface area (Å²) in [7, 11) is 0. The standard InChI is InChI=1S/C21H28Cl4N2O4S/c1-20(2,3)31-19(29)26-15-6-9-17(27-18(28)30-12-21(23,24)25)13(10-15)11-32-16-7-4-14(22)5-8-16/h4-5,7-8,13,15,17H,6,9-12H2,1-3H3,(H,26,29)(H,27,28)/t13-,15+,17-/m0/s1. The van der Waals surface area contributed by atoms with E-state index in [9.17, 15) is 9.59 Å². The Balaban J connectivity index is 1.99. The molecule has 6 nitrogen and oxygen atoms in total. The molecule has 1 fully saturated rings. The third-order valence-electron chi connectivity index (χ3n) is 4.65. The summed E-state index contributed by atoms with van der Waals surface area (Å²) in [6, 6.07) is 7.36. The number of halogens is 4. The molecule has 32 heavy (non-hydrogen) atoms. The molecule has 0 aromatic heterocycles. The molecule has 1 aromatic rings. The van der Waals surface area contributed by atoms with E-state index in [1.807, 2.05) is 45.0 Å². The van der Waals surface area contributed by atoms with Crippen LogP contribution in [0.25, 0.3) is 0 Å². The largest absolute Gasteiger partial charge is 0.445 e. The number of rotatable bonds is 6. The quantitative estimate of drug-likeness (QED) is 0.311. The van der Waals surface area contributed by atoms with Gasteiger partial charge in [-0.25, -0.2) is 9.59 Å². The van der Waals surface area contributed by atoms with Crippen molar-refractivity contribution in [2.75, 3.05) is 12.4 Å². The topological polar surface area (TPSA) is 76.7 Å². The van der Waals surface area contributed by atoms with Gasteiger partial charge in [0.25, 0.3) is 0 Å². The summed E-state index contributed by atoms with van der Waals surface area (Å²) in [6.07, 6.45) is 0.947. The van der Waals surface area contributed by atoms with Gasteiger partial charge in [0.05, 0.1) is 0 Å². The van der Waals surface area contributed by atoms with Crippen LogP contribution < -0.4 is 10.6 Å². The number of ether oxygens (including phenoxy) is 2. The maximum absolute atomic E-state index is 12.2. The van der Waals surface area contributed by atoms with Gasteiger partial charge in [0, 0.05) is 27.8 Å². The Labute approximate surface area is 213 Å². The van der Waals surface area contributed by atoms with Crippen molar-refractivity contribution in [3.05, 3.63) is 29.3 Å². The van der Waals surface area contributed by atoms with Gasteiger partial charge in [-0.3, -0.25) is 0 Å². The van der Waals surface area contributed by atoms with E-state index in [0.29, 0.717) is 24.3 Å². The fourth-order valence-electron chi connectivity index (χ4n) is 3.32. The number of carbonyl (C=O) groups is 2. The van der Waals surface area contributed by atoms with Gasteiger partial charge < -0.3 is 20.1 Å². The van der Waals surface area contributed by atoms with E-state index in [-0.39, 0.29) is 24.6 Å². The summed E-state index contributed by atoms with van der Waals surface area (Å²) in [5.74, 6) is 0.800. The van der Waals surface area contributed by atoms with Crippen LogP contribution in [0.4, 0.5) is 9.59 Å². The molecule has 0 unspecified atom stereocenters. The number of nitrogens with one attached hydrogen (secondary N) is 2. The van der Waals surface area contributed by atoms with E-state index < -0.39 is 21.6 Å². The Morgan fingerprint density at radius 2 is 1.72 bits per heavy atom. The van der Waals surface area contributed by atoms with Crippen LogP contribution >= 0.6 is 58.2 Å². The van der Waals surface area contributed by atoms with Crippen molar-refractivity contribution < 1.29 is 19.1 Å². The highest BCUT2D eigenvalue weighted by Gasteiger charge is 2.34. The Morgan fingerprint density at radius 1 is 1.06 bits per heavy atom. The Hall–Kier alpha value is -0.730. The van der Waals surface area contributed by atoms with Gasteiger partial charge in [0.1, 0.15) is 12.2 Å². The van der Waals surface area contributed by atoms with Gasteiger partial charge in [-0.1, -0.05) is 46.4 Å². The number of alkyl carbamates (subject to hydrolysis) is 2. The molecular weight excluding hydrogens is 518 g/mol. The average molecular weight is 546 g/mol. The van der Waals surface area contributed by atoms with Crippen LogP contribution in [0, 0.1) is 5.92 Å². The summed E-state index contributed by atoms with van der Waals surface area (Å²) in [5, 5.41) is 6.50. The zero-order valence-corrected chi connectivity index (χ0v) is 22.0. The summed E-state index contributed by atoms with van der Waals surface area (Å²) in [6.45, 7) is 5.12. The van der Waals surface area contributed by atoms with Gasteiger partial charge in [-0.15, -0.1) is 11.8 Å². The zero-order valence-electron chi connectivity index (χ0n) is 18.1. The lowest BCUT2D eigenvalue weighted by Crippen LogP contribution is -2.50. The van der Waals surface area contributed by atoms with Gasteiger partial charge in [0.2, 0.25) is 3.79 Å². The third-order valence-corrected chi connectivity index (χ3v) is 6.43. The lowest BCUT2D eigenvalue weighted by molar-refractivity contribution is 0.0478. The maximum Gasteiger partial charge on any atom is 0.407 e. The first-order valence-corrected chi connectivity index (χ1v) is 12.7. The van der Waals surface area contributed by atoms with Crippen LogP contribution in [0.5, 0.6) is 0 Å². The molecular formula is C21H28Cl4N2O4S. The monoisotopic (exact) mass is 544 g/mol. The first kappa shape index (κ1) is 27.5. The van der Waals surface area contributed by atoms with Crippen molar-refractivity contribution in [3.8, 4) is 0 Å². The molecule has 2 N–H and O–H groups in total. The van der Waals surface area contributed by atoms with E-state index >= 15 is 0 Å². The highest BCUT2D eigenvalue weighted by Crippen LogP contribution is 2.32. The fraction of sp³-hybridized carbons (Fsp3) is 0.619. The summed E-state index contributed by atoms with van der Waals surface area (Å²) in [5.41, 5.74) is -0.571. The third kappa shape index (κ3) is 10.9. The lowest BCUT2D eigenvalue weighted by Gasteiger charge is -2.36. The van der Waals surface area contributed by atoms with E-state index in [1.165, 1.54) is 0 Å². The van der Waals surface area contributed by atoms with Crippen LogP contribution in [0.3, 0.4) is 0 Å². The minimum Gasteiger partial charge on any atom is -0.445 e. The number of carbonyl (C=O) groups excluding carboxylic acids is 2. The molecule has 0 bridgehead atoms. The molecule has 1 saturated carbocycles. The molecule has 1 aliphatic carbocycles. The summed E-state index contributed by atoms with van der Waals surface area (Å²) >= 11 is 24.6. The van der Waals surface area contributed by atoms with Crippen LogP contribution in [0.2, 0.25) is 5.02 Å². The van der Waals surface area contributed by atoms with Crippen molar-refractivity contribution in [3.63, 3.8) is 0 Å². The van der Waals surface area contributed by atoms with Crippen LogP contribution in [0.15, 0.2) is 29.2 Å². The summed E-state index contributed by atoms with van der Waals surface area (Å²) < 4.78 is 8.73. The highest BCUT2D eigenvalue weighted by molar-refractivity contribution is 7.99. The maximum atomic E-state index is 12.2. The molecule has 0 aliphatic heterocycles. The van der Waals surface area contributed by atoms with Gasteiger partial charge >= 0.3 is 12.2 Å². The molecule has 1 aromatic carbocycles. The Bertz CT molecular complexity index is 769. The van der Waals surface area contributed by atoms with E-state index in [0.717, 1.165) is 10.6 Å². The SMILES string of the molecule is CC(C)(C)OC(=O)N[C@@H]1CC[C@H](NC(=O)OCC(Cl)(Cl)Cl)[C@H](CSc2ccc(Cl)cc2)C1. The second kappa shape index (κ2) is 12.1. The molecule has 2 rings (SSSR count). The smallest absolute Gasteiger partial charge is 0.407 e. The molecule has 2 amide bonds. The molecule has 0 saturated heterocycles. The summed E-state index contributed by atoms with van der Waals surface area (Å²) in [4.78, 5) is 25.5. The minimum absolute atomic E-state index is 0.0593. The number of hydrogen-bond acceptors (Lipinski definition) is 5. The minimum atomic E-state index is -1.67. The van der Waals surface area contributed by atoms with Crippen LogP contribution in [0.1, 0.15) is 40.0 Å². The first-order chi connectivity index (χ1) is 14.8. The molecule has 180 valence electrons. The van der Waals surface area contributed by atoms with Gasteiger partial charge in [-0.2, -0.15) is 0 Å². The second-order valence-electron chi connectivity index (χ2n) is 8.62. The number of amides is 2. The zero-order chi connectivity index (χ0) is 23.9. The molecule has 3 atom stereocenters. The fourth-order valence-corrected chi connectivity index (χ4v) is 4.71. The number of thioether (sulfide) groups is 1. The van der Waals surface area contributed by atoms with Crippen LogP contribution in [-0.4, -0.2) is 46.0 Å². The van der Waals surface area contributed by atoms with E-state index in [2.05, 4.69) is 10.6 Å². The Kier molecular flexibility index (Phi) is 10.4. The van der Waals surface area contributed by atoms with Gasteiger partial charge in [-0.05, 0) is 70.2 Å². The molecule has 0 spiro atoms. The van der Waals surface area contributed by atoms with Crippen LogP contribution in [-0.2, 0) is 9.47 Å². The van der Waals surface area contributed by atoms with Crippen molar-refractivity contribution in [2.24, 2.45) is 5.92 Å². The number of benzene rings is 1. The normalized spacial score (nSPS) is 21.5.